The van der Waals surface area contributed by atoms with Crippen molar-refractivity contribution in [3.8, 4) is 17.4 Å². The lowest BCUT2D eigenvalue weighted by atomic mass is 10.1. The first-order valence-corrected chi connectivity index (χ1v) is 4.38. The van der Waals surface area contributed by atoms with Crippen molar-refractivity contribution in [2.24, 2.45) is 0 Å². The molecule has 2 rings (SSSR count). The second-order valence-corrected chi connectivity index (χ2v) is 2.96. The molecule has 0 bridgehead atoms. The van der Waals surface area contributed by atoms with Gasteiger partial charge in [0, 0.05) is 5.56 Å². The summed E-state index contributed by atoms with van der Waals surface area (Å²) in [6.45, 7) is 1.90. The highest BCUT2D eigenvalue weighted by atomic mass is 16.6. The third-order valence-corrected chi connectivity index (χ3v) is 1.99. The topological polar surface area (TPSA) is 35.3 Å². The van der Waals surface area contributed by atoms with Crippen molar-refractivity contribution in [1.82, 2.24) is 4.98 Å². The predicted octanol–water partition coefficient (Wildman–Crippen LogP) is 2.66. The van der Waals surface area contributed by atoms with Gasteiger partial charge in [0.25, 0.3) is 0 Å². The van der Waals surface area contributed by atoms with E-state index in [-0.39, 0.29) is 0 Å². The van der Waals surface area contributed by atoms with Crippen molar-refractivity contribution in [2.75, 3.05) is 7.11 Å². The summed E-state index contributed by atoms with van der Waals surface area (Å²) >= 11 is 0. The van der Waals surface area contributed by atoms with Gasteiger partial charge in [-0.3, -0.25) is 0 Å². The maximum atomic E-state index is 5.42. The monoisotopic (exact) mass is 189 g/mol. The van der Waals surface area contributed by atoms with E-state index in [1.807, 2.05) is 37.3 Å². The highest BCUT2D eigenvalue weighted by molar-refractivity contribution is 5.59. The van der Waals surface area contributed by atoms with Gasteiger partial charge in [-0.1, -0.05) is 30.3 Å². The molecule has 72 valence electrons. The fraction of sp³-hybridized carbons (Fsp3) is 0.182. The van der Waals surface area contributed by atoms with Gasteiger partial charge >= 0.3 is 6.08 Å². The molecular formula is C11H11NO2. The number of methoxy groups -OCH3 is 1. The molecule has 0 unspecified atom stereocenters. The molecule has 0 aliphatic heterocycles. The summed E-state index contributed by atoms with van der Waals surface area (Å²) in [7, 11) is 1.54. The first-order valence-electron chi connectivity index (χ1n) is 4.38. The van der Waals surface area contributed by atoms with Crippen molar-refractivity contribution in [2.45, 2.75) is 6.92 Å². The number of hydrogen-bond acceptors (Lipinski definition) is 3. The molecule has 0 radical (unpaired) electrons. The van der Waals surface area contributed by atoms with Gasteiger partial charge in [-0.25, -0.2) is 0 Å². The van der Waals surface area contributed by atoms with Crippen LogP contribution < -0.4 is 4.74 Å². The smallest absolute Gasteiger partial charge is 0.394 e. The number of benzene rings is 1. The lowest BCUT2D eigenvalue weighted by Crippen LogP contribution is -1.80. The summed E-state index contributed by atoms with van der Waals surface area (Å²) in [5.74, 6) is 0.766. The molecule has 0 aliphatic carbocycles. The zero-order valence-corrected chi connectivity index (χ0v) is 8.15. The van der Waals surface area contributed by atoms with E-state index in [0.717, 1.165) is 17.0 Å². The predicted molar refractivity (Wildman–Crippen MR) is 53.2 cm³/mol. The maximum Gasteiger partial charge on any atom is 0.394 e. The number of hydrogen-bond donors (Lipinski definition) is 0. The van der Waals surface area contributed by atoms with Crippen LogP contribution in [-0.4, -0.2) is 12.1 Å². The van der Waals surface area contributed by atoms with Crippen LogP contribution in [0.15, 0.2) is 34.7 Å². The highest BCUT2D eigenvalue weighted by Gasteiger charge is 2.10. The van der Waals surface area contributed by atoms with Gasteiger partial charge in [-0.2, -0.15) is 4.98 Å². The minimum atomic E-state index is 0.307. The van der Waals surface area contributed by atoms with Crippen LogP contribution in [0.1, 0.15) is 5.69 Å². The van der Waals surface area contributed by atoms with Crippen molar-refractivity contribution in [3.05, 3.63) is 36.0 Å². The Kier molecular flexibility index (Phi) is 2.23. The maximum absolute atomic E-state index is 5.42. The molecule has 0 N–H and O–H groups in total. The number of ether oxygens (including phenoxy) is 1. The van der Waals surface area contributed by atoms with E-state index < -0.39 is 0 Å². The van der Waals surface area contributed by atoms with Crippen LogP contribution in [0.25, 0.3) is 11.3 Å². The van der Waals surface area contributed by atoms with Gasteiger partial charge in [0.05, 0.1) is 12.8 Å². The number of oxazole rings is 1. The Labute approximate surface area is 82.3 Å². The summed E-state index contributed by atoms with van der Waals surface area (Å²) in [6.07, 6.45) is 0.307. The summed E-state index contributed by atoms with van der Waals surface area (Å²) < 4.78 is 10.3. The fourth-order valence-corrected chi connectivity index (χ4v) is 1.32. The third-order valence-electron chi connectivity index (χ3n) is 1.99. The molecule has 3 heteroatoms. The van der Waals surface area contributed by atoms with Gasteiger partial charge in [0.15, 0.2) is 5.76 Å². The van der Waals surface area contributed by atoms with E-state index in [1.165, 1.54) is 0 Å². The van der Waals surface area contributed by atoms with Crippen LogP contribution >= 0.6 is 0 Å². The largest absolute Gasteiger partial charge is 0.453 e. The SMILES string of the molecule is COc1nc(C)c(-c2ccccc2)o1. The molecule has 0 amide bonds. The molecule has 1 aromatic carbocycles. The Morgan fingerprint density at radius 2 is 1.93 bits per heavy atom. The molecular weight excluding hydrogens is 178 g/mol. The van der Waals surface area contributed by atoms with E-state index >= 15 is 0 Å². The Morgan fingerprint density at radius 3 is 2.50 bits per heavy atom. The second kappa shape index (κ2) is 3.54. The van der Waals surface area contributed by atoms with E-state index in [4.69, 9.17) is 9.15 Å². The molecule has 0 aliphatic rings. The molecule has 2 aromatic rings. The van der Waals surface area contributed by atoms with Crippen molar-refractivity contribution in [3.63, 3.8) is 0 Å². The first kappa shape index (κ1) is 8.81. The Hall–Kier alpha value is -1.77. The fourth-order valence-electron chi connectivity index (χ4n) is 1.32. The Bertz CT molecular complexity index is 420. The minimum Gasteiger partial charge on any atom is -0.453 e. The zero-order valence-electron chi connectivity index (χ0n) is 8.15. The average molecular weight is 189 g/mol. The molecule has 14 heavy (non-hydrogen) atoms. The summed E-state index contributed by atoms with van der Waals surface area (Å²) in [5.41, 5.74) is 1.86. The third kappa shape index (κ3) is 1.48. The van der Waals surface area contributed by atoms with Gasteiger partial charge in [-0.15, -0.1) is 0 Å². The van der Waals surface area contributed by atoms with Gasteiger partial charge < -0.3 is 9.15 Å². The molecule has 1 aromatic heterocycles. The second-order valence-electron chi connectivity index (χ2n) is 2.96. The van der Waals surface area contributed by atoms with Crippen molar-refractivity contribution in [1.29, 1.82) is 0 Å². The van der Waals surface area contributed by atoms with Crippen LogP contribution in [0.2, 0.25) is 0 Å². The standard InChI is InChI=1S/C11H11NO2/c1-8-10(14-11(12-8)13-2)9-6-4-3-5-7-9/h3-7H,1-2H3. The van der Waals surface area contributed by atoms with E-state index in [0.29, 0.717) is 6.08 Å². The van der Waals surface area contributed by atoms with E-state index in [1.54, 1.807) is 7.11 Å². The van der Waals surface area contributed by atoms with Crippen LogP contribution in [-0.2, 0) is 0 Å². The molecule has 0 atom stereocenters. The number of aryl methyl sites for hydroxylation is 1. The number of rotatable bonds is 2. The lowest BCUT2D eigenvalue weighted by Gasteiger charge is -1.95. The van der Waals surface area contributed by atoms with E-state index in [2.05, 4.69) is 4.98 Å². The average Bonchev–Trinajstić information content (AvgIpc) is 2.61. The Morgan fingerprint density at radius 1 is 1.21 bits per heavy atom. The van der Waals surface area contributed by atoms with Crippen LogP contribution in [0.3, 0.4) is 0 Å². The quantitative estimate of drug-likeness (QED) is 0.728. The Balaban J connectivity index is 2.46. The molecule has 0 saturated heterocycles. The highest BCUT2D eigenvalue weighted by Crippen LogP contribution is 2.26. The van der Waals surface area contributed by atoms with Crippen LogP contribution in [0, 0.1) is 6.92 Å². The van der Waals surface area contributed by atoms with Gasteiger partial charge in [-0.05, 0) is 6.92 Å². The minimum absolute atomic E-state index is 0.307. The molecule has 0 fully saturated rings. The van der Waals surface area contributed by atoms with E-state index in [9.17, 15) is 0 Å². The van der Waals surface area contributed by atoms with Crippen LogP contribution in [0.4, 0.5) is 0 Å². The molecule has 1 heterocycles. The van der Waals surface area contributed by atoms with Crippen molar-refractivity contribution < 1.29 is 9.15 Å². The summed E-state index contributed by atoms with van der Waals surface area (Å²) in [6, 6.07) is 9.85. The van der Waals surface area contributed by atoms with Gasteiger partial charge in [0.2, 0.25) is 0 Å². The molecule has 0 saturated carbocycles. The summed E-state index contributed by atoms with van der Waals surface area (Å²) in [5, 5.41) is 0. The molecule has 3 nitrogen and oxygen atoms in total. The number of nitrogens with zero attached hydrogens (tertiary/aromatic N) is 1. The molecule has 0 spiro atoms. The zero-order chi connectivity index (χ0) is 9.97. The first-order chi connectivity index (χ1) is 6.81. The normalized spacial score (nSPS) is 10.1. The lowest BCUT2D eigenvalue weighted by molar-refractivity contribution is 0.293. The summed E-state index contributed by atoms with van der Waals surface area (Å²) in [4.78, 5) is 4.12. The van der Waals surface area contributed by atoms with Crippen LogP contribution in [0.5, 0.6) is 6.08 Å². The number of aromatic nitrogens is 1. The van der Waals surface area contributed by atoms with Crippen molar-refractivity contribution >= 4 is 0 Å². The van der Waals surface area contributed by atoms with Gasteiger partial charge in [0.1, 0.15) is 0 Å².